The molecule has 0 aliphatic carbocycles. The highest BCUT2D eigenvalue weighted by molar-refractivity contribution is 6.35. The maximum atomic E-state index is 12.5. The Morgan fingerprint density at radius 2 is 2.11 bits per heavy atom. The summed E-state index contributed by atoms with van der Waals surface area (Å²) in [6.07, 6.45) is 4.20. The molecule has 0 atom stereocenters. The van der Waals surface area contributed by atoms with Crippen LogP contribution in [0.25, 0.3) is 0 Å². The molecule has 1 amide bonds. The van der Waals surface area contributed by atoms with Gasteiger partial charge in [0, 0.05) is 17.1 Å². The molecule has 0 radical (unpaired) electrons. The Kier molecular flexibility index (Phi) is 5.52. The van der Waals surface area contributed by atoms with Crippen molar-refractivity contribution in [1.29, 1.82) is 0 Å². The van der Waals surface area contributed by atoms with Gasteiger partial charge in [-0.3, -0.25) is 4.79 Å². The minimum absolute atomic E-state index is 0.156. The van der Waals surface area contributed by atoms with E-state index in [1.54, 1.807) is 35.3 Å². The van der Waals surface area contributed by atoms with Crippen molar-refractivity contribution in [2.45, 2.75) is 19.7 Å². The fourth-order valence-corrected chi connectivity index (χ4v) is 3.51. The third-order valence-electron chi connectivity index (χ3n) is 4.49. The highest BCUT2D eigenvalue weighted by atomic mass is 35.5. The average Bonchev–Trinajstić information content (AvgIpc) is 3.14. The first kappa shape index (κ1) is 18.8. The van der Waals surface area contributed by atoms with E-state index in [0.29, 0.717) is 27.0 Å². The van der Waals surface area contributed by atoms with Crippen LogP contribution in [0.3, 0.4) is 0 Å². The number of carbonyl (C=O) groups excluding carboxylic acids is 1. The number of benzene rings is 2. The van der Waals surface area contributed by atoms with Gasteiger partial charge < -0.3 is 15.4 Å². The zero-order chi connectivity index (χ0) is 19.5. The molecular formula is C20H18Cl2N4O2. The standard InChI is InChI=1S/C20H18Cl2N4O2/c21-16-3-4-19(18(22)8-16)28-12-26-11-17(10-24-26)25-20(27)14-1-2-15-9-23-6-5-13(15)7-14/h1-4,7-8,10-11,23H,5-6,9,12H2,(H,25,27). The van der Waals surface area contributed by atoms with Crippen LogP contribution in [-0.4, -0.2) is 22.2 Å². The van der Waals surface area contributed by atoms with Gasteiger partial charge in [-0.25, -0.2) is 4.68 Å². The first-order chi connectivity index (χ1) is 13.6. The molecule has 4 rings (SSSR count). The van der Waals surface area contributed by atoms with Gasteiger partial charge in [-0.05, 0) is 54.4 Å². The number of nitrogens with one attached hydrogen (secondary N) is 2. The lowest BCUT2D eigenvalue weighted by Crippen LogP contribution is -2.24. The monoisotopic (exact) mass is 416 g/mol. The predicted octanol–water partition coefficient (Wildman–Crippen LogP) is 4.12. The normalized spacial score (nSPS) is 13.1. The number of hydrogen-bond acceptors (Lipinski definition) is 4. The van der Waals surface area contributed by atoms with Crippen LogP contribution in [0.15, 0.2) is 48.8 Å². The number of hydrogen-bond donors (Lipinski definition) is 2. The Hall–Kier alpha value is -2.54. The SMILES string of the molecule is O=C(Nc1cnn(COc2ccc(Cl)cc2Cl)c1)c1ccc2c(c1)CCNC2. The van der Waals surface area contributed by atoms with Crippen LogP contribution in [-0.2, 0) is 19.7 Å². The van der Waals surface area contributed by atoms with Gasteiger partial charge in [0.05, 0.1) is 23.1 Å². The van der Waals surface area contributed by atoms with E-state index in [2.05, 4.69) is 15.7 Å². The largest absolute Gasteiger partial charge is 0.470 e. The molecule has 0 unspecified atom stereocenters. The Labute approximate surface area is 172 Å². The van der Waals surface area contributed by atoms with E-state index in [1.165, 1.54) is 11.1 Å². The molecule has 0 fully saturated rings. The number of nitrogens with zero attached hydrogens (tertiary/aromatic N) is 2. The number of rotatable bonds is 5. The summed E-state index contributed by atoms with van der Waals surface area (Å²) in [5, 5.41) is 11.4. The van der Waals surface area contributed by atoms with Gasteiger partial charge in [0.15, 0.2) is 6.73 Å². The van der Waals surface area contributed by atoms with Crippen molar-refractivity contribution < 1.29 is 9.53 Å². The Bertz CT molecular complexity index is 1020. The molecule has 0 bridgehead atoms. The number of ether oxygens (including phenoxy) is 1. The molecule has 1 aliphatic heterocycles. The van der Waals surface area contributed by atoms with Crippen molar-refractivity contribution in [2.75, 3.05) is 11.9 Å². The molecule has 0 saturated heterocycles. The average molecular weight is 417 g/mol. The smallest absolute Gasteiger partial charge is 0.255 e. The minimum Gasteiger partial charge on any atom is -0.470 e. The second kappa shape index (κ2) is 8.22. The first-order valence-electron chi connectivity index (χ1n) is 8.83. The van der Waals surface area contributed by atoms with Crippen molar-refractivity contribution in [3.63, 3.8) is 0 Å². The van der Waals surface area contributed by atoms with Crippen molar-refractivity contribution in [3.05, 3.63) is 75.5 Å². The molecule has 6 nitrogen and oxygen atoms in total. The van der Waals surface area contributed by atoms with E-state index in [9.17, 15) is 4.79 Å². The van der Waals surface area contributed by atoms with Gasteiger partial charge in [0.2, 0.25) is 0 Å². The van der Waals surface area contributed by atoms with Crippen LogP contribution in [0, 0.1) is 0 Å². The summed E-state index contributed by atoms with van der Waals surface area (Å²) in [5.74, 6) is 0.346. The molecule has 1 aromatic heterocycles. The van der Waals surface area contributed by atoms with Crippen LogP contribution < -0.4 is 15.4 Å². The lowest BCUT2D eigenvalue weighted by atomic mass is 9.98. The Morgan fingerprint density at radius 3 is 2.96 bits per heavy atom. The number of amides is 1. The van der Waals surface area contributed by atoms with E-state index in [0.717, 1.165) is 19.5 Å². The molecule has 1 aliphatic rings. The van der Waals surface area contributed by atoms with Crippen molar-refractivity contribution in [3.8, 4) is 5.75 Å². The highest BCUT2D eigenvalue weighted by Crippen LogP contribution is 2.27. The maximum absolute atomic E-state index is 12.5. The Morgan fingerprint density at radius 1 is 1.21 bits per heavy atom. The zero-order valence-electron chi connectivity index (χ0n) is 14.9. The van der Waals surface area contributed by atoms with Crippen molar-refractivity contribution in [2.24, 2.45) is 0 Å². The van der Waals surface area contributed by atoms with Crippen LogP contribution >= 0.6 is 23.2 Å². The summed E-state index contributed by atoms with van der Waals surface area (Å²) in [6.45, 7) is 1.94. The summed E-state index contributed by atoms with van der Waals surface area (Å²) in [6, 6.07) is 10.8. The van der Waals surface area contributed by atoms with Gasteiger partial charge in [0.1, 0.15) is 5.75 Å². The predicted molar refractivity (Wildman–Crippen MR) is 109 cm³/mol. The van der Waals surface area contributed by atoms with Gasteiger partial charge in [-0.15, -0.1) is 0 Å². The van der Waals surface area contributed by atoms with E-state index in [4.69, 9.17) is 27.9 Å². The highest BCUT2D eigenvalue weighted by Gasteiger charge is 2.13. The third kappa shape index (κ3) is 4.30. The summed E-state index contributed by atoms with van der Waals surface area (Å²) >= 11 is 12.0. The Balaban J connectivity index is 1.38. The van der Waals surface area contributed by atoms with Crippen LogP contribution in [0.2, 0.25) is 10.0 Å². The van der Waals surface area contributed by atoms with Gasteiger partial charge >= 0.3 is 0 Å². The maximum Gasteiger partial charge on any atom is 0.255 e. The van der Waals surface area contributed by atoms with E-state index < -0.39 is 0 Å². The molecule has 144 valence electrons. The quantitative estimate of drug-likeness (QED) is 0.655. The third-order valence-corrected chi connectivity index (χ3v) is 5.02. The molecule has 0 saturated carbocycles. The second-order valence-corrected chi connectivity index (χ2v) is 7.32. The van der Waals surface area contributed by atoms with Crippen LogP contribution in [0.1, 0.15) is 21.5 Å². The van der Waals surface area contributed by atoms with Crippen molar-refractivity contribution >= 4 is 34.8 Å². The molecule has 2 N–H and O–H groups in total. The van der Waals surface area contributed by atoms with E-state index >= 15 is 0 Å². The topological polar surface area (TPSA) is 68.2 Å². The minimum atomic E-state index is -0.164. The number of halogens is 2. The van der Waals surface area contributed by atoms with Crippen molar-refractivity contribution in [1.82, 2.24) is 15.1 Å². The molecule has 8 heteroatoms. The summed E-state index contributed by atoms with van der Waals surface area (Å²) in [4.78, 5) is 12.5. The number of fused-ring (bicyclic) bond motifs is 1. The van der Waals surface area contributed by atoms with E-state index in [1.807, 2.05) is 18.2 Å². The molecule has 28 heavy (non-hydrogen) atoms. The number of anilines is 1. The molecule has 2 heterocycles. The second-order valence-electron chi connectivity index (χ2n) is 6.48. The number of aromatic nitrogens is 2. The summed E-state index contributed by atoms with van der Waals surface area (Å²) in [5.41, 5.74) is 3.69. The fraction of sp³-hybridized carbons (Fsp3) is 0.200. The molecule has 2 aromatic carbocycles. The lowest BCUT2D eigenvalue weighted by Gasteiger charge is -2.17. The first-order valence-corrected chi connectivity index (χ1v) is 9.58. The number of carbonyl (C=O) groups is 1. The fourth-order valence-electron chi connectivity index (χ4n) is 3.05. The molecule has 0 spiro atoms. The summed E-state index contributed by atoms with van der Waals surface area (Å²) in [7, 11) is 0. The zero-order valence-corrected chi connectivity index (χ0v) is 16.4. The van der Waals surface area contributed by atoms with Crippen LogP contribution in [0.5, 0.6) is 5.75 Å². The molecular weight excluding hydrogens is 399 g/mol. The summed E-state index contributed by atoms with van der Waals surface area (Å²) < 4.78 is 7.20. The van der Waals surface area contributed by atoms with Gasteiger partial charge in [0.25, 0.3) is 5.91 Å². The van der Waals surface area contributed by atoms with Gasteiger partial charge in [-0.1, -0.05) is 29.3 Å². The van der Waals surface area contributed by atoms with Crippen LogP contribution in [0.4, 0.5) is 5.69 Å². The van der Waals surface area contributed by atoms with Gasteiger partial charge in [-0.2, -0.15) is 5.10 Å². The molecule has 3 aromatic rings. The van der Waals surface area contributed by atoms with E-state index in [-0.39, 0.29) is 12.6 Å². The lowest BCUT2D eigenvalue weighted by molar-refractivity contribution is 0.102.